The molecule has 16 heavy (non-hydrogen) atoms. The van der Waals surface area contributed by atoms with Gasteiger partial charge in [0, 0.05) is 6.54 Å². The van der Waals surface area contributed by atoms with Crippen LogP contribution in [0.15, 0.2) is 30.3 Å². The van der Waals surface area contributed by atoms with Crippen LogP contribution in [-0.2, 0) is 4.79 Å². The largest absolute Gasteiger partial charge is 0.484 e. The van der Waals surface area contributed by atoms with Gasteiger partial charge in [0.15, 0.2) is 6.61 Å². The molecule has 0 bridgehead atoms. The monoisotopic (exact) mass is 225 g/mol. The van der Waals surface area contributed by atoms with E-state index in [1.54, 1.807) is 12.1 Å². The molecule has 0 fully saturated rings. The van der Waals surface area contributed by atoms with Gasteiger partial charge in [0.25, 0.3) is 5.91 Å². The van der Waals surface area contributed by atoms with E-state index >= 15 is 0 Å². The summed E-state index contributed by atoms with van der Waals surface area (Å²) in [4.78, 5) is 11.2. The van der Waals surface area contributed by atoms with Crippen molar-refractivity contribution in [3.8, 4) is 5.75 Å². The molecule has 0 radical (unpaired) electrons. The van der Waals surface area contributed by atoms with E-state index in [9.17, 15) is 4.79 Å². The van der Waals surface area contributed by atoms with Gasteiger partial charge in [-0.2, -0.15) is 0 Å². The van der Waals surface area contributed by atoms with Crippen molar-refractivity contribution in [3.05, 3.63) is 30.3 Å². The molecule has 1 aromatic carbocycles. The zero-order chi connectivity index (χ0) is 11.8. The second-order valence-electron chi connectivity index (χ2n) is 3.24. The van der Waals surface area contributed by atoms with Crippen LogP contribution in [0.4, 0.5) is 0 Å². The minimum Gasteiger partial charge on any atom is -0.484 e. The summed E-state index contributed by atoms with van der Waals surface area (Å²) in [5.74, 6) is 0.275. The van der Waals surface area contributed by atoms with E-state index in [1.165, 1.54) is 0 Å². The number of carbonyl (C=O) groups is 1. The second-order valence-corrected chi connectivity index (χ2v) is 3.24. The maximum Gasteiger partial charge on any atom is 0.258 e. The van der Waals surface area contributed by atoms with Crippen molar-refractivity contribution in [1.82, 2.24) is 5.32 Å². The van der Waals surface area contributed by atoms with Gasteiger partial charge in [-0.3, -0.25) is 4.79 Å². The van der Waals surface area contributed by atoms with Gasteiger partial charge in [-0.1, -0.05) is 18.2 Å². The van der Waals surface area contributed by atoms with Gasteiger partial charge in [0.05, 0.1) is 12.7 Å². The summed E-state index contributed by atoms with van der Waals surface area (Å²) < 4.78 is 5.18. The first-order chi connectivity index (χ1) is 7.72. The Labute approximate surface area is 93.7 Å². The maximum absolute atomic E-state index is 11.2. The summed E-state index contributed by atoms with van der Waals surface area (Å²) in [5.41, 5.74) is 0. The average molecular weight is 225 g/mol. The standard InChI is InChI=1S/C11H15NO4/c13-7-9(14)6-12-11(15)8-16-10-4-2-1-3-5-10/h1-5,9,13-14H,6-8H2,(H,12,15). The molecule has 0 aromatic heterocycles. The average Bonchev–Trinajstić information content (AvgIpc) is 2.34. The van der Waals surface area contributed by atoms with E-state index in [-0.39, 0.29) is 25.7 Å². The molecule has 5 nitrogen and oxygen atoms in total. The number of nitrogens with one attached hydrogen (secondary N) is 1. The van der Waals surface area contributed by atoms with Gasteiger partial charge < -0.3 is 20.3 Å². The zero-order valence-corrected chi connectivity index (χ0v) is 8.80. The molecule has 0 heterocycles. The Bertz CT molecular complexity index is 315. The lowest BCUT2D eigenvalue weighted by molar-refractivity contribution is -0.123. The van der Waals surface area contributed by atoms with Gasteiger partial charge in [0.1, 0.15) is 5.75 Å². The van der Waals surface area contributed by atoms with Crippen molar-refractivity contribution in [2.45, 2.75) is 6.10 Å². The number of hydrogen-bond acceptors (Lipinski definition) is 4. The molecule has 3 N–H and O–H groups in total. The summed E-state index contributed by atoms with van der Waals surface area (Å²) in [6.45, 7) is -0.463. The van der Waals surface area contributed by atoms with E-state index in [1.807, 2.05) is 18.2 Å². The fourth-order valence-corrected chi connectivity index (χ4v) is 1.01. The van der Waals surface area contributed by atoms with E-state index in [0.717, 1.165) is 0 Å². The zero-order valence-electron chi connectivity index (χ0n) is 8.80. The molecule has 0 aliphatic rings. The number of benzene rings is 1. The van der Waals surface area contributed by atoms with Crippen LogP contribution in [0.25, 0.3) is 0 Å². The Morgan fingerprint density at radius 2 is 2.06 bits per heavy atom. The highest BCUT2D eigenvalue weighted by atomic mass is 16.5. The number of para-hydroxylation sites is 1. The first kappa shape index (κ1) is 12.5. The van der Waals surface area contributed by atoms with Crippen molar-refractivity contribution in [1.29, 1.82) is 0 Å². The Morgan fingerprint density at radius 1 is 1.38 bits per heavy atom. The number of ether oxygens (including phenoxy) is 1. The normalized spacial score (nSPS) is 11.9. The van der Waals surface area contributed by atoms with Crippen molar-refractivity contribution in [2.24, 2.45) is 0 Å². The SMILES string of the molecule is O=C(COc1ccccc1)NCC(O)CO. The van der Waals surface area contributed by atoms with Crippen LogP contribution in [0, 0.1) is 0 Å². The third-order valence-corrected chi connectivity index (χ3v) is 1.86. The van der Waals surface area contributed by atoms with Crippen LogP contribution >= 0.6 is 0 Å². The molecule has 1 aromatic rings. The highest BCUT2D eigenvalue weighted by molar-refractivity contribution is 5.77. The molecule has 0 saturated carbocycles. The quantitative estimate of drug-likeness (QED) is 0.612. The molecule has 5 heteroatoms. The van der Waals surface area contributed by atoms with Crippen LogP contribution in [0.2, 0.25) is 0 Å². The topological polar surface area (TPSA) is 78.8 Å². The first-order valence-electron chi connectivity index (χ1n) is 4.96. The molecule has 1 rings (SSSR count). The molecule has 0 spiro atoms. The number of rotatable bonds is 6. The summed E-state index contributed by atoms with van der Waals surface area (Å²) >= 11 is 0. The highest BCUT2D eigenvalue weighted by Gasteiger charge is 2.06. The second kappa shape index (κ2) is 6.81. The summed E-state index contributed by atoms with van der Waals surface area (Å²) in [6, 6.07) is 8.96. The third-order valence-electron chi connectivity index (χ3n) is 1.86. The van der Waals surface area contributed by atoms with Gasteiger partial charge in [-0.05, 0) is 12.1 Å². The van der Waals surface area contributed by atoms with Gasteiger partial charge >= 0.3 is 0 Å². The summed E-state index contributed by atoms with van der Waals surface area (Å²) in [6.07, 6.45) is -0.930. The van der Waals surface area contributed by atoms with E-state index < -0.39 is 6.10 Å². The minimum atomic E-state index is -0.930. The molecule has 1 atom stereocenters. The Kier molecular flexibility index (Phi) is 5.31. The molecule has 1 amide bonds. The number of carbonyl (C=O) groups excluding carboxylic acids is 1. The van der Waals surface area contributed by atoms with E-state index in [0.29, 0.717) is 5.75 Å². The number of hydrogen-bond donors (Lipinski definition) is 3. The molecule has 0 aliphatic carbocycles. The fraction of sp³-hybridized carbons (Fsp3) is 0.364. The predicted octanol–water partition coefficient (Wildman–Crippen LogP) is -0.465. The van der Waals surface area contributed by atoms with Crippen molar-refractivity contribution < 1.29 is 19.7 Å². The Balaban J connectivity index is 2.20. The molecule has 0 aliphatic heterocycles. The number of amides is 1. The Morgan fingerprint density at radius 3 is 2.69 bits per heavy atom. The van der Waals surface area contributed by atoms with E-state index in [2.05, 4.69) is 5.32 Å². The maximum atomic E-state index is 11.2. The molecule has 88 valence electrons. The van der Waals surface area contributed by atoms with E-state index in [4.69, 9.17) is 14.9 Å². The van der Waals surface area contributed by atoms with Gasteiger partial charge in [-0.15, -0.1) is 0 Å². The number of aliphatic hydroxyl groups is 2. The summed E-state index contributed by atoms with van der Waals surface area (Å²) in [7, 11) is 0. The van der Waals surface area contributed by atoms with Crippen LogP contribution in [-0.4, -0.2) is 42.0 Å². The molecular formula is C11H15NO4. The lowest BCUT2D eigenvalue weighted by atomic mass is 10.3. The number of aliphatic hydroxyl groups excluding tert-OH is 2. The van der Waals surface area contributed by atoms with Crippen LogP contribution in [0.3, 0.4) is 0 Å². The van der Waals surface area contributed by atoms with Crippen molar-refractivity contribution >= 4 is 5.91 Å². The summed E-state index contributed by atoms with van der Waals surface area (Å²) in [5, 5.41) is 19.9. The lowest BCUT2D eigenvalue weighted by Crippen LogP contribution is -2.36. The fourth-order valence-electron chi connectivity index (χ4n) is 1.01. The van der Waals surface area contributed by atoms with Crippen LogP contribution in [0.1, 0.15) is 0 Å². The predicted molar refractivity (Wildman–Crippen MR) is 58.0 cm³/mol. The van der Waals surface area contributed by atoms with Crippen LogP contribution < -0.4 is 10.1 Å². The molecule has 1 unspecified atom stereocenters. The first-order valence-corrected chi connectivity index (χ1v) is 4.96. The minimum absolute atomic E-state index is 0.0213. The van der Waals surface area contributed by atoms with Crippen molar-refractivity contribution in [2.75, 3.05) is 19.8 Å². The molecule has 0 saturated heterocycles. The highest BCUT2D eigenvalue weighted by Crippen LogP contribution is 2.07. The van der Waals surface area contributed by atoms with Crippen LogP contribution in [0.5, 0.6) is 5.75 Å². The third kappa shape index (κ3) is 4.77. The van der Waals surface area contributed by atoms with Crippen molar-refractivity contribution in [3.63, 3.8) is 0 Å². The Hall–Kier alpha value is -1.59. The lowest BCUT2D eigenvalue weighted by Gasteiger charge is -2.09. The van der Waals surface area contributed by atoms with Gasteiger partial charge in [0.2, 0.25) is 0 Å². The van der Waals surface area contributed by atoms with Gasteiger partial charge in [-0.25, -0.2) is 0 Å². The smallest absolute Gasteiger partial charge is 0.258 e. The molecular weight excluding hydrogens is 210 g/mol.